The van der Waals surface area contributed by atoms with Crippen molar-refractivity contribution in [1.82, 2.24) is 29.5 Å². The van der Waals surface area contributed by atoms with E-state index in [1.165, 1.54) is 0 Å². The number of allylic oxidation sites excluding steroid dienone is 5. The van der Waals surface area contributed by atoms with Gasteiger partial charge in [0.15, 0.2) is 17.5 Å². The second-order valence-electron chi connectivity index (χ2n) is 7.19. The van der Waals surface area contributed by atoms with E-state index in [2.05, 4.69) is 29.8 Å². The van der Waals surface area contributed by atoms with Crippen molar-refractivity contribution in [3.05, 3.63) is 104 Å². The summed E-state index contributed by atoms with van der Waals surface area (Å²) in [5.41, 5.74) is 3.34. The molecule has 0 amide bonds. The molecule has 5 aromatic rings. The molecule has 4 aromatic heterocycles. The van der Waals surface area contributed by atoms with Gasteiger partial charge in [0, 0.05) is 35.1 Å². The van der Waals surface area contributed by atoms with E-state index in [0.717, 1.165) is 27.4 Å². The molecule has 0 saturated heterocycles. The lowest BCUT2D eigenvalue weighted by Crippen LogP contribution is -2.02. The van der Waals surface area contributed by atoms with Gasteiger partial charge in [0.25, 0.3) is 0 Å². The van der Waals surface area contributed by atoms with Gasteiger partial charge >= 0.3 is 0 Å². The Morgan fingerprint density at radius 1 is 0.969 bits per heavy atom. The van der Waals surface area contributed by atoms with E-state index < -0.39 is 0 Å². The van der Waals surface area contributed by atoms with Gasteiger partial charge in [0.2, 0.25) is 0 Å². The number of nitrogens with zero attached hydrogens (tertiary/aromatic N) is 6. The molecule has 32 heavy (non-hydrogen) atoms. The molecular weight excluding hydrogens is 396 g/mol. The fourth-order valence-corrected chi connectivity index (χ4v) is 3.50. The smallest absolute Gasteiger partial charge is 0.184 e. The molecule has 1 aromatic carbocycles. The van der Waals surface area contributed by atoms with E-state index in [0.29, 0.717) is 23.2 Å². The lowest BCUT2D eigenvalue weighted by atomic mass is 10.1. The Balaban J connectivity index is 1.70. The van der Waals surface area contributed by atoms with Crippen LogP contribution in [-0.2, 0) is 0 Å². The highest BCUT2D eigenvalue weighted by atomic mass is 15.2. The molecule has 0 bridgehead atoms. The Labute approximate surface area is 185 Å². The third-order valence-corrected chi connectivity index (χ3v) is 5.09. The molecule has 0 aliphatic rings. The summed E-state index contributed by atoms with van der Waals surface area (Å²) in [5.74, 6) is 1.62. The maximum absolute atomic E-state index is 4.75. The number of benzene rings is 1. The van der Waals surface area contributed by atoms with Gasteiger partial charge in [-0.05, 0) is 36.6 Å². The Hall–Kier alpha value is -4.45. The zero-order valence-electron chi connectivity index (χ0n) is 17.6. The number of aromatic nitrogens is 6. The summed E-state index contributed by atoms with van der Waals surface area (Å²) in [6.07, 6.45) is 13.0. The largest absolute Gasteiger partial charge is 0.264 e. The van der Waals surface area contributed by atoms with Crippen LogP contribution in [0.2, 0.25) is 0 Å². The van der Waals surface area contributed by atoms with Crippen molar-refractivity contribution < 1.29 is 0 Å². The third kappa shape index (κ3) is 3.70. The van der Waals surface area contributed by atoms with Crippen molar-refractivity contribution >= 4 is 21.9 Å². The first-order chi connectivity index (χ1) is 15.7. The number of hydrogen-bond donors (Lipinski definition) is 0. The van der Waals surface area contributed by atoms with Crippen LogP contribution in [0.25, 0.3) is 44.8 Å². The lowest BCUT2D eigenvalue weighted by Gasteiger charge is -2.06. The van der Waals surface area contributed by atoms with Crippen LogP contribution in [0.1, 0.15) is 12.7 Å². The maximum atomic E-state index is 4.75. The second kappa shape index (κ2) is 8.35. The maximum Gasteiger partial charge on any atom is 0.184 e. The van der Waals surface area contributed by atoms with Crippen LogP contribution in [0.5, 0.6) is 0 Å². The number of hydrogen-bond acceptors (Lipinski definition) is 5. The van der Waals surface area contributed by atoms with E-state index in [9.17, 15) is 0 Å². The normalized spacial score (nSPS) is 12.1. The minimum absolute atomic E-state index is 0.507. The molecule has 0 spiro atoms. The SMILES string of the molecule is C=C/C=C\C(=C/C)c1nc(-c2cccnc2)nc(-c2cc3cc4ccccc4cn3n2)n1. The molecule has 0 saturated carbocycles. The van der Waals surface area contributed by atoms with Crippen molar-refractivity contribution in [3.63, 3.8) is 0 Å². The number of fused-ring (bicyclic) bond motifs is 2. The van der Waals surface area contributed by atoms with Crippen LogP contribution in [0.3, 0.4) is 0 Å². The Bertz CT molecular complexity index is 1440. The average molecular weight is 416 g/mol. The molecule has 6 nitrogen and oxygen atoms in total. The van der Waals surface area contributed by atoms with E-state index in [-0.39, 0.29) is 0 Å². The van der Waals surface area contributed by atoms with E-state index in [1.54, 1.807) is 18.5 Å². The molecule has 0 N–H and O–H groups in total. The molecule has 0 radical (unpaired) electrons. The quantitative estimate of drug-likeness (QED) is 0.352. The van der Waals surface area contributed by atoms with Crippen LogP contribution >= 0.6 is 0 Å². The van der Waals surface area contributed by atoms with Crippen molar-refractivity contribution in [2.24, 2.45) is 0 Å². The Kier molecular flexibility index (Phi) is 5.09. The molecule has 5 rings (SSSR count). The predicted molar refractivity (Wildman–Crippen MR) is 128 cm³/mol. The van der Waals surface area contributed by atoms with Crippen LogP contribution < -0.4 is 0 Å². The number of pyridine rings is 2. The molecule has 0 atom stereocenters. The molecule has 154 valence electrons. The first-order valence-electron chi connectivity index (χ1n) is 10.3. The summed E-state index contributed by atoms with van der Waals surface area (Å²) in [4.78, 5) is 18.4. The molecule has 0 aliphatic heterocycles. The Morgan fingerprint density at radius 3 is 2.59 bits per heavy atom. The van der Waals surface area contributed by atoms with E-state index in [4.69, 9.17) is 20.1 Å². The highest BCUT2D eigenvalue weighted by Gasteiger charge is 2.15. The van der Waals surface area contributed by atoms with Crippen molar-refractivity contribution in [3.8, 4) is 22.9 Å². The summed E-state index contributed by atoms with van der Waals surface area (Å²) in [5, 5.41) is 7.03. The van der Waals surface area contributed by atoms with Gasteiger partial charge in [-0.15, -0.1) is 0 Å². The van der Waals surface area contributed by atoms with Crippen LogP contribution in [0.15, 0.2) is 98.0 Å². The first-order valence-corrected chi connectivity index (χ1v) is 10.3. The molecular formula is C26H20N6. The van der Waals surface area contributed by atoms with Crippen LogP contribution in [-0.4, -0.2) is 29.5 Å². The zero-order chi connectivity index (χ0) is 21.9. The van der Waals surface area contributed by atoms with Gasteiger partial charge in [-0.2, -0.15) is 5.10 Å². The Morgan fingerprint density at radius 2 is 1.81 bits per heavy atom. The summed E-state index contributed by atoms with van der Waals surface area (Å²) in [6, 6.07) is 16.1. The standard InChI is InChI=1S/C26H20N6/c1-3-5-9-18(4-2)24-28-25(20-12-8-13-27-16-20)30-26(29-24)23-15-22-14-19-10-6-7-11-21(19)17-32(22)31-23/h3-17H,1H2,2H3/b9-5-,18-4+. The summed E-state index contributed by atoms with van der Waals surface area (Å²) in [7, 11) is 0. The minimum atomic E-state index is 0.507. The fourth-order valence-electron chi connectivity index (χ4n) is 3.50. The van der Waals surface area contributed by atoms with Gasteiger partial charge in [-0.3, -0.25) is 4.98 Å². The minimum Gasteiger partial charge on any atom is -0.264 e. The van der Waals surface area contributed by atoms with Gasteiger partial charge in [0.1, 0.15) is 5.69 Å². The van der Waals surface area contributed by atoms with Crippen LogP contribution in [0, 0.1) is 0 Å². The molecule has 0 fully saturated rings. The molecule has 4 heterocycles. The topological polar surface area (TPSA) is 68.9 Å². The predicted octanol–water partition coefficient (Wildman–Crippen LogP) is 5.55. The van der Waals surface area contributed by atoms with Gasteiger partial charge < -0.3 is 0 Å². The van der Waals surface area contributed by atoms with Crippen molar-refractivity contribution in [2.75, 3.05) is 0 Å². The molecule has 6 heteroatoms. The molecule has 0 unspecified atom stereocenters. The second-order valence-corrected chi connectivity index (χ2v) is 7.19. The van der Waals surface area contributed by atoms with Gasteiger partial charge in [-0.1, -0.05) is 55.1 Å². The fraction of sp³-hybridized carbons (Fsp3) is 0.0385. The van der Waals surface area contributed by atoms with Crippen molar-refractivity contribution in [2.45, 2.75) is 6.92 Å². The van der Waals surface area contributed by atoms with Gasteiger partial charge in [-0.25, -0.2) is 19.5 Å². The lowest BCUT2D eigenvalue weighted by molar-refractivity contribution is 0.952. The van der Waals surface area contributed by atoms with Crippen molar-refractivity contribution in [1.29, 1.82) is 0 Å². The summed E-state index contributed by atoms with van der Waals surface area (Å²) < 4.78 is 1.86. The summed E-state index contributed by atoms with van der Waals surface area (Å²) >= 11 is 0. The summed E-state index contributed by atoms with van der Waals surface area (Å²) in [6.45, 7) is 5.70. The third-order valence-electron chi connectivity index (χ3n) is 5.09. The van der Waals surface area contributed by atoms with E-state index in [1.807, 2.05) is 66.2 Å². The first kappa shape index (κ1) is 19.5. The zero-order valence-corrected chi connectivity index (χ0v) is 17.6. The molecule has 0 aliphatic carbocycles. The van der Waals surface area contributed by atoms with Crippen LogP contribution in [0.4, 0.5) is 0 Å². The van der Waals surface area contributed by atoms with E-state index >= 15 is 0 Å². The van der Waals surface area contributed by atoms with Gasteiger partial charge in [0.05, 0.1) is 5.52 Å². The highest BCUT2D eigenvalue weighted by Crippen LogP contribution is 2.24. The monoisotopic (exact) mass is 416 g/mol. The average Bonchev–Trinajstić information content (AvgIpc) is 3.26. The highest BCUT2D eigenvalue weighted by molar-refractivity contribution is 5.86. The number of rotatable bonds is 5.